The summed E-state index contributed by atoms with van der Waals surface area (Å²) in [4.78, 5) is 18.5. The van der Waals surface area contributed by atoms with Crippen molar-refractivity contribution in [1.82, 2.24) is 20.7 Å². The van der Waals surface area contributed by atoms with Crippen LogP contribution in [-0.4, -0.2) is 42.0 Å². The maximum absolute atomic E-state index is 13.4. The number of carbonyl (C=O) groups excluding carboxylic acids is 1. The van der Waals surface area contributed by atoms with Gasteiger partial charge < -0.3 is 10.6 Å². The number of hydrogen-bond donors (Lipinski definition) is 3. The predicted octanol–water partition coefficient (Wildman–Crippen LogP) is 2.67. The number of thiazole rings is 1. The highest BCUT2D eigenvalue weighted by atomic mass is 35.5. The van der Waals surface area contributed by atoms with E-state index in [-0.39, 0.29) is 30.2 Å². The number of hydrogen-bond acceptors (Lipinski definition) is 6. The first-order valence-corrected chi connectivity index (χ1v) is 10.1. The van der Waals surface area contributed by atoms with Gasteiger partial charge in [-0.3, -0.25) is 15.6 Å². The van der Waals surface area contributed by atoms with Gasteiger partial charge in [0.05, 0.1) is 5.01 Å². The number of rotatable bonds is 8. The Morgan fingerprint density at radius 2 is 2.25 bits per heavy atom. The first-order chi connectivity index (χ1) is 13.1. The molecule has 2 aromatic rings. The van der Waals surface area contributed by atoms with Crippen LogP contribution in [0.1, 0.15) is 46.4 Å². The van der Waals surface area contributed by atoms with Crippen LogP contribution in [0.2, 0.25) is 0 Å². The molecule has 4 N–H and O–H groups in total. The summed E-state index contributed by atoms with van der Waals surface area (Å²) in [5, 5.41) is 2.70. The van der Waals surface area contributed by atoms with Crippen LogP contribution in [0.15, 0.2) is 29.6 Å². The standard InChI is InChI=1S/C19H26FN5OS.ClH/c1-25(19(26)17-12-27-18(22-17)7-8-21)9-3-6-15-11-16(24-23-15)13-4-2-5-14(20)10-13;/h2,4-5,10,12,15-16,23-24H,3,6-9,11,21H2,1H3;1H. The predicted molar refractivity (Wildman–Crippen MR) is 112 cm³/mol. The van der Waals surface area contributed by atoms with Crippen LogP contribution in [0.3, 0.4) is 0 Å². The molecule has 1 fully saturated rings. The molecule has 0 bridgehead atoms. The number of benzene rings is 1. The summed E-state index contributed by atoms with van der Waals surface area (Å²) in [7, 11) is 1.81. The number of carbonyl (C=O) groups is 1. The van der Waals surface area contributed by atoms with Crippen molar-refractivity contribution in [3.8, 4) is 0 Å². The average molecular weight is 428 g/mol. The number of nitrogens with two attached hydrogens (primary N) is 1. The molecule has 28 heavy (non-hydrogen) atoms. The van der Waals surface area contributed by atoms with Gasteiger partial charge >= 0.3 is 0 Å². The molecule has 9 heteroatoms. The quantitative estimate of drug-likeness (QED) is 0.603. The van der Waals surface area contributed by atoms with Gasteiger partial charge in [0.2, 0.25) is 0 Å². The lowest BCUT2D eigenvalue weighted by molar-refractivity contribution is 0.0786. The molecule has 6 nitrogen and oxygen atoms in total. The normalized spacial score (nSPS) is 18.7. The third kappa shape index (κ3) is 5.96. The fourth-order valence-corrected chi connectivity index (χ4v) is 4.06. The SMILES string of the molecule is CN(CCCC1CC(c2cccc(F)c2)NN1)C(=O)c1csc(CCN)n1.Cl. The van der Waals surface area contributed by atoms with Crippen LogP contribution in [0.4, 0.5) is 4.39 Å². The lowest BCUT2D eigenvalue weighted by Crippen LogP contribution is -2.32. The van der Waals surface area contributed by atoms with Gasteiger partial charge in [0.15, 0.2) is 0 Å². The zero-order valence-corrected chi connectivity index (χ0v) is 17.5. The Balaban J connectivity index is 0.00000280. The smallest absolute Gasteiger partial charge is 0.273 e. The third-order valence-electron chi connectivity index (χ3n) is 4.75. The van der Waals surface area contributed by atoms with Crippen molar-refractivity contribution < 1.29 is 9.18 Å². The van der Waals surface area contributed by atoms with Gasteiger partial charge in [-0.1, -0.05) is 12.1 Å². The molecule has 2 atom stereocenters. The highest BCUT2D eigenvalue weighted by molar-refractivity contribution is 7.09. The van der Waals surface area contributed by atoms with Crippen molar-refractivity contribution in [2.45, 2.75) is 37.8 Å². The average Bonchev–Trinajstić information content (AvgIpc) is 3.31. The number of halogens is 2. The molecule has 2 heterocycles. The first-order valence-electron chi connectivity index (χ1n) is 9.23. The largest absolute Gasteiger partial charge is 0.340 e. The highest BCUT2D eigenvalue weighted by Gasteiger charge is 2.25. The zero-order chi connectivity index (χ0) is 19.2. The number of aromatic nitrogens is 1. The van der Waals surface area contributed by atoms with Crippen molar-refractivity contribution in [1.29, 1.82) is 0 Å². The molecule has 1 saturated heterocycles. The Bertz CT molecular complexity index is 774. The molecule has 1 aliphatic heterocycles. The maximum Gasteiger partial charge on any atom is 0.273 e. The van der Waals surface area contributed by atoms with E-state index in [1.165, 1.54) is 17.4 Å². The Labute approximate surface area is 175 Å². The topological polar surface area (TPSA) is 83.3 Å². The summed E-state index contributed by atoms with van der Waals surface area (Å²) >= 11 is 1.48. The van der Waals surface area contributed by atoms with Crippen LogP contribution < -0.4 is 16.6 Å². The second-order valence-electron chi connectivity index (χ2n) is 6.86. The van der Waals surface area contributed by atoms with E-state index in [4.69, 9.17) is 5.73 Å². The number of nitrogens with one attached hydrogen (secondary N) is 2. The van der Waals surface area contributed by atoms with E-state index >= 15 is 0 Å². The van der Waals surface area contributed by atoms with Gasteiger partial charge in [0.25, 0.3) is 5.91 Å². The molecule has 1 aromatic carbocycles. The molecule has 1 aromatic heterocycles. The van der Waals surface area contributed by atoms with E-state index < -0.39 is 0 Å². The summed E-state index contributed by atoms with van der Waals surface area (Å²) in [6.07, 6.45) is 3.42. The molecule has 2 unspecified atom stereocenters. The minimum Gasteiger partial charge on any atom is -0.340 e. The van der Waals surface area contributed by atoms with Crippen LogP contribution >= 0.6 is 23.7 Å². The lowest BCUT2D eigenvalue weighted by atomic mass is 9.99. The Morgan fingerprint density at radius 3 is 3.00 bits per heavy atom. The number of hydrazine groups is 1. The summed E-state index contributed by atoms with van der Waals surface area (Å²) in [5.41, 5.74) is 13.5. The van der Waals surface area contributed by atoms with Gasteiger partial charge in [-0.15, -0.1) is 23.7 Å². The monoisotopic (exact) mass is 427 g/mol. The number of amides is 1. The molecular formula is C19H27ClFN5OS. The van der Waals surface area contributed by atoms with Crippen molar-refractivity contribution in [3.63, 3.8) is 0 Å². The molecule has 154 valence electrons. The number of nitrogens with zero attached hydrogens (tertiary/aromatic N) is 2. The summed E-state index contributed by atoms with van der Waals surface area (Å²) in [5.74, 6) is -0.265. The molecule has 0 saturated carbocycles. The van der Waals surface area contributed by atoms with Crippen LogP contribution in [0, 0.1) is 5.82 Å². The van der Waals surface area contributed by atoms with Crippen molar-refractivity contribution in [2.75, 3.05) is 20.1 Å². The van der Waals surface area contributed by atoms with E-state index in [1.54, 1.807) is 29.5 Å². The Morgan fingerprint density at radius 1 is 1.43 bits per heavy atom. The first kappa shape index (κ1) is 22.7. The van der Waals surface area contributed by atoms with E-state index in [0.717, 1.165) is 29.8 Å². The van der Waals surface area contributed by atoms with Gasteiger partial charge in [0.1, 0.15) is 11.5 Å². The fraction of sp³-hybridized carbons (Fsp3) is 0.474. The van der Waals surface area contributed by atoms with Crippen molar-refractivity contribution in [3.05, 3.63) is 51.7 Å². The molecule has 0 spiro atoms. The molecule has 0 aliphatic carbocycles. The minimum absolute atomic E-state index is 0. The fourth-order valence-electron chi connectivity index (χ4n) is 3.27. The van der Waals surface area contributed by atoms with Crippen LogP contribution in [-0.2, 0) is 6.42 Å². The van der Waals surface area contributed by atoms with Crippen LogP contribution in [0.5, 0.6) is 0 Å². The Hall–Kier alpha value is -1.58. The summed E-state index contributed by atoms with van der Waals surface area (Å²) in [6, 6.07) is 7.11. The molecule has 1 amide bonds. The molecule has 0 radical (unpaired) electrons. The van der Waals surface area contributed by atoms with Crippen molar-refractivity contribution >= 4 is 29.7 Å². The summed E-state index contributed by atoms with van der Waals surface area (Å²) in [6.45, 7) is 1.21. The Kier molecular flexibility index (Phi) is 8.78. The summed E-state index contributed by atoms with van der Waals surface area (Å²) < 4.78 is 13.4. The van der Waals surface area contributed by atoms with E-state index in [1.807, 2.05) is 6.07 Å². The molecule has 3 rings (SSSR count). The molecular weight excluding hydrogens is 401 g/mol. The van der Waals surface area contributed by atoms with E-state index in [9.17, 15) is 9.18 Å². The van der Waals surface area contributed by atoms with E-state index in [2.05, 4.69) is 15.8 Å². The highest BCUT2D eigenvalue weighted by Crippen LogP contribution is 2.24. The minimum atomic E-state index is -0.213. The molecule has 1 aliphatic rings. The van der Waals surface area contributed by atoms with Gasteiger partial charge in [-0.05, 0) is 43.5 Å². The second kappa shape index (κ2) is 10.8. The van der Waals surface area contributed by atoms with Gasteiger partial charge in [-0.25, -0.2) is 9.37 Å². The second-order valence-corrected chi connectivity index (χ2v) is 7.81. The maximum atomic E-state index is 13.4. The van der Waals surface area contributed by atoms with Crippen LogP contribution in [0.25, 0.3) is 0 Å². The lowest BCUT2D eigenvalue weighted by Gasteiger charge is -2.17. The van der Waals surface area contributed by atoms with Crippen molar-refractivity contribution in [2.24, 2.45) is 5.73 Å². The van der Waals surface area contributed by atoms with Gasteiger partial charge in [0, 0.05) is 37.5 Å². The third-order valence-corrected chi connectivity index (χ3v) is 5.66. The van der Waals surface area contributed by atoms with Gasteiger partial charge in [-0.2, -0.15) is 0 Å². The van der Waals surface area contributed by atoms with E-state index in [0.29, 0.717) is 31.2 Å². The zero-order valence-electron chi connectivity index (χ0n) is 15.9.